The third-order valence-electron chi connectivity index (χ3n) is 16.9. The van der Waals surface area contributed by atoms with Gasteiger partial charge in [0.2, 0.25) is 5.91 Å². The fourth-order valence-corrected chi connectivity index (χ4v) is 15.3. The van der Waals surface area contributed by atoms with Crippen LogP contribution in [0, 0.1) is 62.1 Å². The van der Waals surface area contributed by atoms with Gasteiger partial charge in [0.1, 0.15) is 22.0 Å². The first-order chi connectivity index (χ1) is 24.2. The second-order valence-electron chi connectivity index (χ2n) is 21.3. The van der Waals surface area contributed by atoms with E-state index in [0.717, 1.165) is 56.1 Å². The largest absolute Gasteiger partial charge is 0.464 e. The number of ether oxygens (including phenoxy) is 2. The standard InChI is InChI=1S/C43H67NO8S/c1-25(2)33-28(46)22-43(44-36(48)37(3,4)23-53(12,49)50)20-19-41(10)26(34(33)43)13-14-30-40(9)17-16-31(39(7,8)29(40)15-18-42(30,41)11)52-35(47)27-21-32(51-24-45)38(27,5)6/h24-27,29-32H,13-23H2,1-12H3,(H,44,48)/t26-,27-,29+,30-,31+,32-,40+,41-,42-,43-/m1/s1. The number of hydrogen-bond donors (Lipinski definition) is 1. The fourth-order valence-electron chi connectivity index (χ4n) is 13.9. The molecule has 10 atom stereocenters. The predicted molar refractivity (Wildman–Crippen MR) is 204 cm³/mol. The average Bonchev–Trinajstić information content (AvgIpc) is 3.31. The van der Waals surface area contributed by atoms with Gasteiger partial charge in [-0.15, -0.1) is 0 Å². The molecule has 0 unspecified atom stereocenters. The van der Waals surface area contributed by atoms with Gasteiger partial charge in [-0.2, -0.15) is 0 Å². The molecule has 1 N–H and O–H groups in total. The molecule has 53 heavy (non-hydrogen) atoms. The zero-order valence-corrected chi connectivity index (χ0v) is 35.4. The Morgan fingerprint density at radius 3 is 2.13 bits per heavy atom. The van der Waals surface area contributed by atoms with E-state index in [0.29, 0.717) is 31.1 Å². The van der Waals surface area contributed by atoms with Crippen molar-refractivity contribution in [2.75, 3.05) is 12.0 Å². The molecule has 6 rings (SSSR count). The van der Waals surface area contributed by atoms with Crippen LogP contribution >= 0.6 is 0 Å². The highest BCUT2D eigenvalue weighted by Gasteiger charge is 2.70. The number of esters is 1. The number of Topliss-reactive ketones (excluding diaryl/α,β-unsaturated/α-hetero) is 1. The molecular weight excluding hydrogens is 691 g/mol. The van der Waals surface area contributed by atoms with Crippen molar-refractivity contribution < 1.29 is 37.1 Å². The Balaban J connectivity index is 1.28. The summed E-state index contributed by atoms with van der Waals surface area (Å²) in [5.74, 6) is 0.0957. The smallest absolute Gasteiger partial charge is 0.310 e. The molecule has 0 aromatic carbocycles. The van der Waals surface area contributed by atoms with Crippen molar-refractivity contribution in [1.82, 2.24) is 5.32 Å². The fraction of sp³-hybridized carbons (Fsp3) is 0.860. The van der Waals surface area contributed by atoms with Gasteiger partial charge in [-0.05, 0) is 109 Å². The Hall–Kier alpha value is -2.23. The van der Waals surface area contributed by atoms with E-state index in [1.54, 1.807) is 13.8 Å². The normalized spacial score (nSPS) is 41.6. The number of fused-ring (bicyclic) bond motifs is 7. The molecule has 0 aromatic heterocycles. The molecule has 0 aromatic rings. The van der Waals surface area contributed by atoms with E-state index in [4.69, 9.17) is 9.47 Å². The lowest BCUT2D eigenvalue weighted by molar-refractivity contribution is -0.236. The van der Waals surface area contributed by atoms with Crippen LogP contribution in [0.4, 0.5) is 0 Å². The van der Waals surface area contributed by atoms with Gasteiger partial charge in [0.15, 0.2) is 5.78 Å². The highest BCUT2D eigenvalue weighted by atomic mass is 32.2. The Kier molecular flexibility index (Phi) is 9.64. The molecule has 6 aliphatic rings. The summed E-state index contributed by atoms with van der Waals surface area (Å²) < 4.78 is 36.3. The molecule has 0 heterocycles. The topological polar surface area (TPSA) is 133 Å². The summed E-state index contributed by atoms with van der Waals surface area (Å²) >= 11 is 0. The lowest BCUT2D eigenvalue weighted by atomic mass is 9.33. The van der Waals surface area contributed by atoms with E-state index >= 15 is 0 Å². The summed E-state index contributed by atoms with van der Waals surface area (Å²) in [6.45, 7) is 24.1. The van der Waals surface area contributed by atoms with Gasteiger partial charge in [0, 0.05) is 23.5 Å². The molecule has 5 fully saturated rings. The lowest BCUT2D eigenvalue weighted by Gasteiger charge is -2.72. The maximum atomic E-state index is 14.0. The van der Waals surface area contributed by atoms with Crippen molar-refractivity contribution in [3.63, 3.8) is 0 Å². The summed E-state index contributed by atoms with van der Waals surface area (Å²) in [5.41, 5.74) is -0.613. The van der Waals surface area contributed by atoms with E-state index in [1.807, 2.05) is 13.8 Å². The number of carbonyl (C=O) groups is 4. The minimum absolute atomic E-state index is 0.00321. The van der Waals surface area contributed by atoms with Gasteiger partial charge >= 0.3 is 5.97 Å². The van der Waals surface area contributed by atoms with E-state index in [2.05, 4.69) is 53.8 Å². The number of rotatable bonds is 9. The van der Waals surface area contributed by atoms with Gasteiger partial charge in [0.25, 0.3) is 6.47 Å². The van der Waals surface area contributed by atoms with Crippen LogP contribution in [-0.4, -0.2) is 62.3 Å². The summed E-state index contributed by atoms with van der Waals surface area (Å²) in [6.07, 6.45) is 8.89. The van der Waals surface area contributed by atoms with E-state index in [-0.39, 0.29) is 81.5 Å². The molecule has 0 bridgehead atoms. The van der Waals surface area contributed by atoms with Crippen molar-refractivity contribution in [2.45, 2.75) is 158 Å². The van der Waals surface area contributed by atoms with Crippen LogP contribution in [0.2, 0.25) is 0 Å². The second kappa shape index (κ2) is 12.6. The first-order valence-corrected chi connectivity index (χ1v) is 22.4. The number of ketones is 1. The minimum atomic E-state index is -3.40. The first kappa shape index (κ1) is 40.4. The van der Waals surface area contributed by atoms with Crippen LogP contribution < -0.4 is 5.32 Å². The number of allylic oxidation sites excluding steroid dienone is 1. The zero-order chi connectivity index (χ0) is 39.5. The molecule has 10 heteroatoms. The third kappa shape index (κ3) is 5.98. The van der Waals surface area contributed by atoms with Crippen LogP contribution in [-0.2, 0) is 38.5 Å². The quantitative estimate of drug-likeness (QED) is 0.190. The number of nitrogens with one attached hydrogen (secondary N) is 1. The Morgan fingerprint density at radius 2 is 1.55 bits per heavy atom. The monoisotopic (exact) mass is 757 g/mol. The number of hydrogen-bond acceptors (Lipinski definition) is 8. The van der Waals surface area contributed by atoms with Crippen LogP contribution in [0.3, 0.4) is 0 Å². The highest BCUT2D eigenvalue weighted by Crippen LogP contribution is 2.76. The molecular formula is C43H67NO8S. The second-order valence-corrected chi connectivity index (χ2v) is 23.4. The molecule has 0 saturated heterocycles. The Labute approximate surface area is 318 Å². The summed E-state index contributed by atoms with van der Waals surface area (Å²) in [4.78, 5) is 52.6. The summed E-state index contributed by atoms with van der Waals surface area (Å²) in [6, 6.07) is 0. The Morgan fingerprint density at radius 1 is 0.887 bits per heavy atom. The van der Waals surface area contributed by atoms with Crippen molar-refractivity contribution in [3.8, 4) is 0 Å². The molecule has 0 aliphatic heterocycles. The van der Waals surface area contributed by atoms with E-state index < -0.39 is 26.2 Å². The average molecular weight is 758 g/mol. The lowest BCUT2D eigenvalue weighted by Crippen LogP contribution is -2.67. The number of sulfone groups is 1. The van der Waals surface area contributed by atoms with Crippen LogP contribution in [0.15, 0.2) is 11.1 Å². The first-order valence-electron chi connectivity index (χ1n) is 20.3. The maximum Gasteiger partial charge on any atom is 0.310 e. The predicted octanol–water partition coefficient (Wildman–Crippen LogP) is 7.41. The molecule has 0 spiro atoms. The van der Waals surface area contributed by atoms with Crippen LogP contribution in [0.5, 0.6) is 0 Å². The van der Waals surface area contributed by atoms with Crippen molar-refractivity contribution in [1.29, 1.82) is 0 Å². The van der Waals surface area contributed by atoms with Gasteiger partial charge in [0.05, 0.1) is 22.6 Å². The number of carbonyl (C=O) groups excluding carboxylic acids is 4. The van der Waals surface area contributed by atoms with Crippen LogP contribution in [0.25, 0.3) is 0 Å². The molecule has 298 valence electrons. The number of amides is 1. The van der Waals surface area contributed by atoms with Gasteiger partial charge in [-0.3, -0.25) is 19.2 Å². The molecule has 6 aliphatic carbocycles. The summed E-state index contributed by atoms with van der Waals surface area (Å²) in [7, 11) is -3.40. The summed E-state index contributed by atoms with van der Waals surface area (Å²) in [5, 5.41) is 3.38. The highest BCUT2D eigenvalue weighted by molar-refractivity contribution is 7.90. The minimum Gasteiger partial charge on any atom is -0.464 e. The molecule has 1 amide bonds. The zero-order valence-electron chi connectivity index (χ0n) is 34.6. The Bertz CT molecular complexity index is 1710. The van der Waals surface area contributed by atoms with Crippen molar-refractivity contribution in [2.24, 2.45) is 62.1 Å². The third-order valence-corrected chi connectivity index (χ3v) is 18.1. The van der Waals surface area contributed by atoms with E-state index in [9.17, 15) is 27.6 Å². The molecule has 0 radical (unpaired) electrons. The maximum absolute atomic E-state index is 14.0. The van der Waals surface area contributed by atoms with Gasteiger partial charge in [-0.1, -0.05) is 76.2 Å². The van der Waals surface area contributed by atoms with E-state index in [1.165, 1.54) is 6.26 Å². The SMILES string of the molecule is CC(C)C1=C2[C@H]3CC[C@@H]4[C@@]5(C)CC[C@H](OC(=O)[C@H]6C[C@@H](OC=O)C6(C)C)C(C)(C)[C@@H]5CC[C@@]4(C)[C@]3(C)CC[C@@]2(NC(=O)C(C)(C)CS(C)(=O)=O)CC1=O. The van der Waals surface area contributed by atoms with Gasteiger partial charge in [-0.25, -0.2) is 8.42 Å². The molecule has 9 nitrogen and oxygen atoms in total. The van der Waals surface area contributed by atoms with Crippen molar-refractivity contribution in [3.05, 3.63) is 11.1 Å². The molecule has 5 saturated carbocycles. The van der Waals surface area contributed by atoms with Gasteiger partial charge < -0.3 is 14.8 Å². The van der Waals surface area contributed by atoms with Crippen LogP contribution in [0.1, 0.15) is 140 Å². The van der Waals surface area contributed by atoms with Crippen molar-refractivity contribution >= 4 is 34.0 Å².